The maximum Gasteiger partial charge on any atom is 0.404 e. The Labute approximate surface area is 169 Å². The lowest BCUT2D eigenvalue weighted by Crippen LogP contribution is -2.41. The standard InChI is InChI=1S/C22H24N4O3/c1-14-8-9-16-18(11-14)24-20(17-6-2-3-7-19(17)27)25-21(16)26-10-4-5-15(13-26)12-23-22(28)29/h2-3,6-9,11,15,23,27H,4-5,10,12-13H2,1H3,(H,28,29)/t15-/m0/s1. The summed E-state index contributed by atoms with van der Waals surface area (Å²) in [6.45, 7) is 4.03. The van der Waals surface area contributed by atoms with Crippen LogP contribution in [0.1, 0.15) is 18.4 Å². The van der Waals surface area contributed by atoms with E-state index in [1.54, 1.807) is 12.1 Å². The first-order valence-electron chi connectivity index (χ1n) is 9.80. The molecule has 2 heterocycles. The number of amides is 1. The maximum atomic E-state index is 10.9. The number of rotatable bonds is 4. The number of nitrogens with zero attached hydrogens (tertiary/aromatic N) is 3. The van der Waals surface area contributed by atoms with E-state index in [-0.39, 0.29) is 11.7 Å². The maximum absolute atomic E-state index is 10.9. The number of benzene rings is 2. The molecule has 150 valence electrons. The SMILES string of the molecule is Cc1ccc2c(N3CCC[C@@H](CNC(=O)O)C3)nc(-c3ccccc3O)nc2c1. The zero-order valence-corrected chi connectivity index (χ0v) is 16.3. The molecule has 1 amide bonds. The molecule has 2 aromatic carbocycles. The van der Waals surface area contributed by atoms with E-state index in [1.165, 1.54) is 0 Å². The number of carbonyl (C=O) groups is 1. The molecule has 1 saturated heterocycles. The number of hydrogen-bond acceptors (Lipinski definition) is 5. The third-order valence-electron chi connectivity index (χ3n) is 5.34. The molecule has 1 fully saturated rings. The topological polar surface area (TPSA) is 98.6 Å². The molecule has 4 rings (SSSR count). The molecule has 1 aromatic heterocycles. The number of nitrogens with one attached hydrogen (secondary N) is 1. The number of anilines is 1. The van der Waals surface area contributed by atoms with Crippen LogP contribution in [-0.4, -0.2) is 45.9 Å². The minimum atomic E-state index is -0.994. The van der Waals surface area contributed by atoms with E-state index in [9.17, 15) is 9.90 Å². The average molecular weight is 392 g/mol. The predicted molar refractivity (Wildman–Crippen MR) is 112 cm³/mol. The zero-order chi connectivity index (χ0) is 20.4. The van der Waals surface area contributed by atoms with E-state index < -0.39 is 6.09 Å². The lowest BCUT2D eigenvalue weighted by molar-refractivity contribution is 0.191. The van der Waals surface area contributed by atoms with Crippen molar-refractivity contribution >= 4 is 22.8 Å². The van der Waals surface area contributed by atoms with Crippen LogP contribution in [0.5, 0.6) is 5.75 Å². The second-order valence-corrected chi connectivity index (χ2v) is 7.55. The molecule has 1 aliphatic rings. The molecule has 3 aromatic rings. The highest BCUT2D eigenvalue weighted by molar-refractivity contribution is 5.92. The van der Waals surface area contributed by atoms with Gasteiger partial charge in [0.15, 0.2) is 5.82 Å². The van der Waals surface area contributed by atoms with Crippen LogP contribution in [0.15, 0.2) is 42.5 Å². The van der Waals surface area contributed by atoms with Gasteiger partial charge in [-0.15, -0.1) is 0 Å². The minimum Gasteiger partial charge on any atom is -0.507 e. The molecule has 0 unspecified atom stereocenters. The van der Waals surface area contributed by atoms with E-state index in [4.69, 9.17) is 15.1 Å². The number of fused-ring (bicyclic) bond motifs is 1. The van der Waals surface area contributed by atoms with Crippen LogP contribution in [0.4, 0.5) is 10.6 Å². The molecular weight excluding hydrogens is 368 g/mol. The number of hydrogen-bond donors (Lipinski definition) is 3. The number of aromatic hydroxyl groups is 1. The van der Waals surface area contributed by atoms with Crippen LogP contribution in [0.3, 0.4) is 0 Å². The third-order valence-corrected chi connectivity index (χ3v) is 5.34. The largest absolute Gasteiger partial charge is 0.507 e. The summed E-state index contributed by atoms with van der Waals surface area (Å²) in [5.74, 6) is 1.69. The van der Waals surface area contributed by atoms with Crippen molar-refractivity contribution in [1.29, 1.82) is 0 Å². The molecule has 0 bridgehead atoms. The molecule has 0 radical (unpaired) electrons. The van der Waals surface area contributed by atoms with E-state index >= 15 is 0 Å². The van der Waals surface area contributed by atoms with Crippen molar-refractivity contribution in [3.63, 3.8) is 0 Å². The zero-order valence-electron chi connectivity index (χ0n) is 16.3. The second-order valence-electron chi connectivity index (χ2n) is 7.55. The van der Waals surface area contributed by atoms with Gasteiger partial charge < -0.3 is 20.4 Å². The van der Waals surface area contributed by atoms with Crippen LogP contribution < -0.4 is 10.2 Å². The summed E-state index contributed by atoms with van der Waals surface area (Å²) in [6.07, 6.45) is 0.951. The van der Waals surface area contributed by atoms with Gasteiger partial charge in [0.25, 0.3) is 0 Å². The smallest absolute Gasteiger partial charge is 0.404 e. The van der Waals surface area contributed by atoms with Crippen molar-refractivity contribution in [3.05, 3.63) is 48.0 Å². The second kappa shape index (κ2) is 7.95. The number of piperidine rings is 1. The van der Waals surface area contributed by atoms with Crippen LogP contribution in [-0.2, 0) is 0 Å². The first-order chi connectivity index (χ1) is 14.0. The highest BCUT2D eigenvalue weighted by Gasteiger charge is 2.24. The summed E-state index contributed by atoms with van der Waals surface area (Å²) in [6, 6.07) is 13.2. The Kier molecular flexibility index (Phi) is 5.20. The Morgan fingerprint density at radius 3 is 2.86 bits per heavy atom. The van der Waals surface area contributed by atoms with Crippen molar-refractivity contribution in [2.75, 3.05) is 24.5 Å². The molecule has 0 aliphatic carbocycles. The van der Waals surface area contributed by atoms with E-state index in [0.717, 1.165) is 48.2 Å². The summed E-state index contributed by atoms with van der Waals surface area (Å²) < 4.78 is 0. The van der Waals surface area contributed by atoms with Gasteiger partial charge >= 0.3 is 6.09 Å². The van der Waals surface area contributed by atoms with Gasteiger partial charge in [-0.1, -0.05) is 18.2 Å². The summed E-state index contributed by atoms with van der Waals surface area (Å²) in [4.78, 5) is 22.6. The van der Waals surface area contributed by atoms with E-state index in [0.29, 0.717) is 17.9 Å². The molecule has 7 heteroatoms. The highest BCUT2D eigenvalue weighted by atomic mass is 16.4. The molecule has 3 N–H and O–H groups in total. The van der Waals surface area contributed by atoms with E-state index in [2.05, 4.69) is 10.2 Å². The Morgan fingerprint density at radius 2 is 2.07 bits per heavy atom. The number of aryl methyl sites for hydroxylation is 1. The lowest BCUT2D eigenvalue weighted by atomic mass is 9.97. The van der Waals surface area contributed by atoms with Crippen LogP contribution in [0.25, 0.3) is 22.3 Å². The fourth-order valence-electron chi connectivity index (χ4n) is 3.90. The third kappa shape index (κ3) is 4.08. The first-order valence-corrected chi connectivity index (χ1v) is 9.80. The van der Waals surface area contributed by atoms with Crippen LogP contribution in [0, 0.1) is 12.8 Å². The summed E-state index contributed by atoms with van der Waals surface area (Å²) in [5.41, 5.74) is 2.53. The fourth-order valence-corrected chi connectivity index (χ4v) is 3.90. The van der Waals surface area contributed by atoms with Gasteiger partial charge in [-0.05, 0) is 55.5 Å². The molecule has 29 heavy (non-hydrogen) atoms. The number of carboxylic acid groups (broad SMARTS) is 1. The number of para-hydroxylation sites is 1. The van der Waals surface area contributed by atoms with Crippen molar-refractivity contribution in [3.8, 4) is 17.1 Å². The molecule has 1 atom stereocenters. The van der Waals surface area contributed by atoms with Gasteiger partial charge in [0.1, 0.15) is 11.6 Å². The monoisotopic (exact) mass is 392 g/mol. The Morgan fingerprint density at radius 1 is 1.24 bits per heavy atom. The van der Waals surface area contributed by atoms with Crippen molar-refractivity contribution in [2.45, 2.75) is 19.8 Å². The van der Waals surface area contributed by atoms with Crippen LogP contribution >= 0.6 is 0 Å². The van der Waals surface area contributed by atoms with Crippen molar-refractivity contribution in [1.82, 2.24) is 15.3 Å². The summed E-state index contributed by atoms with van der Waals surface area (Å²) >= 11 is 0. The van der Waals surface area contributed by atoms with Gasteiger partial charge in [-0.25, -0.2) is 14.8 Å². The Balaban J connectivity index is 1.76. The Bertz CT molecular complexity index is 1050. The van der Waals surface area contributed by atoms with Crippen molar-refractivity contribution in [2.24, 2.45) is 5.92 Å². The Hall–Kier alpha value is -3.35. The number of phenolic OH excluding ortho intramolecular Hbond substituents is 1. The minimum absolute atomic E-state index is 0.146. The summed E-state index contributed by atoms with van der Waals surface area (Å²) in [7, 11) is 0. The van der Waals surface area contributed by atoms with E-state index in [1.807, 2.05) is 37.3 Å². The fraction of sp³-hybridized carbons (Fsp3) is 0.318. The molecule has 7 nitrogen and oxygen atoms in total. The molecular formula is C22H24N4O3. The van der Waals surface area contributed by atoms with Crippen molar-refractivity contribution < 1.29 is 15.0 Å². The average Bonchev–Trinajstić information content (AvgIpc) is 2.72. The van der Waals surface area contributed by atoms with Gasteiger partial charge in [0.05, 0.1) is 11.1 Å². The molecule has 1 aliphatic heterocycles. The first kappa shape index (κ1) is 19.0. The van der Waals surface area contributed by atoms with Gasteiger partial charge in [0, 0.05) is 25.0 Å². The lowest BCUT2D eigenvalue weighted by Gasteiger charge is -2.34. The molecule has 0 saturated carbocycles. The highest BCUT2D eigenvalue weighted by Crippen LogP contribution is 2.33. The van der Waals surface area contributed by atoms with Crippen LogP contribution in [0.2, 0.25) is 0 Å². The van der Waals surface area contributed by atoms with Gasteiger partial charge in [-0.2, -0.15) is 0 Å². The normalized spacial score (nSPS) is 16.7. The summed E-state index contributed by atoms with van der Waals surface area (Å²) in [5, 5.41) is 22.7. The van der Waals surface area contributed by atoms with Gasteiger partial charge in [0.2, 0.25) is 0 Å². The van der Waals surface area contributed by atoms with Gasteiger partial charge in [-0.3, -0.25) is 0 Å². The quantitative estimate of drug-likeness (QED) is 0.625. The number of phenols is 1. The predicted octanol–water partition coefficient (Wildman–Crippen LogP) is 3.79. The number of aromatic nitrogens is 2. The molecule has 0 spiro atoms.